The van der Waals surface area contributed by atoms with Crippen molar-refractivity contribution >= 4 is 17.4 Å². The second kappa shape index (κ2) is 7.89. The summed E-state index contributed by atoms with van der Waals surface area (Å²) < 4.78 is 7.28. The van der Waals surface area contributed by atoms with Crippen LogP contribution in [0.1, 0.15) is 31.1 Å². The number of ether oxygens (including phenoxy) is 1. The second-order valence-electron chi connectivity index (χ2n) is 7.18. The molecule has 6 heteroatoms. The molecule has 0 aliphatic carbocycles. The summed E-state index contributed by atoms with van der Waals surface area (Å²) in [5, 5.41) is 4.30. The highest BCUT2D eigenvalue weighted by Gasteiger charge is 2.19. The smallest absolute Gasteiger partial charge is 0.274 e. The van der Waals surface area contributed by atoms with Gasteiger partial charge in [0.1, 0.15) is 5.65 Å². The van der Waals surface area contributed by atoms with E-state index in [1.165, 1.54) is 14.3 Å². The van der Waals surface area contributed by atoms with E-state index < -0.39 is 0 Å². The van der Waals surface area contributed by atoms with Gasteiger partial charge in [-0.05, 0) is 49.1 Å². The summed E-state index contributed by atoms with van der Waals surface area (Å²) in [5.41, 5.74) is 3.35. The largest absolute Gasteiger partial charge is 0.372 e. The molecule has 29 heavy (non-hydrogen) atoms. The van der Waals surface area contributed by atoms with Crippen LogP contribution in [0.25, 0.3) is 16.8 Å². The molecule has 3 heterocycles. The SMILES string of the molecule is O=c1cc(C2CCCCO2)[nH]c2c(-c3ccc(Sc4ccccc4)cc3)cnn12. The Balaban J connectivity index is 1.48. The third-order valence-electron chi connectivity index (χ3n) is 5.19. The highest BCUT2D eigenvalue weighted by Crippen LogP contribution is 2.31. The molecular weight excluding hydrogens is 382 g/mol. The van der Waals surface area contributed by atoms with Gasteiger partial charge in [0, 0.05) is 28.0 Å². The van der Waals surface area contributed by atoms with Crippen LogP contribution in [-0.4, -0.2) is 21.2 Å². The van der Waals surface area contributed by atoms with E-state index in [0.717, 1.165) is 42.7 Å². The Kier molecular flexibility index (Phi) is 4.96. The van der Waals surface area contributed by atoms with Crippen LogP contribution in [0.4, 0.5) is 0 Å². The normalized spacial score (nSPS) is 16.9. The molecule has 5 rings (SSSR count). The average Bonchev–Trinajstić information content (AvgIpc) is 3.20. The van der Waals surface area contributed by atoms with Crippen LogP contribution in [0.3, 0.4) is 0 Å². The first-order chi connectivity index (χ1) is 14.3. The van der Waals surface area contributed by atoms with Crippen molar-refractivity contribution in [2.45, 2.75) is 35.2 Å². The maximum Gasteiger partial charge on any atom is 0.274 e. The Morgan fingerprint density at radius 2 is 1.83 bits per heavy atom. The van der Waals surface area contributed by atoms with E-state index in [2.05, 4.69) is 46.5 Å². The fourth-order valence-corrected chi connectivity index (χ4v) is 4.54. The molecule has 1 N–H and O–H groups in total. The summed E-state index contributed by atoms with van der Waals surface area (Å²) in [6.45, 7) is 0.741. The van der Waals surface area contributed by atoms with Crippen molar-refractivity contribution in [3.63, 3.8) is 0 Å². The molecule has 0 radical (unpaired) electrons. The molecular formula is C23H21N3O2S. The Hall–Kier alpha value is -2.83. The van der Waals surface area contributed by atoms with Crippen molar-refractivity contribution in [2.24, 2.45) is 0 Å². The Bertz CT molecular complexity index is 1180. The molecule has 5 nitrogen and oxygen atoms in total. The van der Waals surface area contributed by atoms with Crippen LogP contribution in [0.2, 0.25) is 0 Å². The van der Waals surface area contributed by atoms with E-state index in [1.54, 1.807) is 24.0 Å². The molecule has 1 aliphatic rings. The van der Waals surface area contributed by atoms with Gasteiger partial charge in [-0.25, -0.2) is 0 Å². The third kappa shape index (κ3) is 3.73. The van der Waals surface area contributed by atoms with Gasteiger partial charge in [-0.15, -0.1) is 0 Å². The lowest BCUT2D eigenvalue weighted by Crippen LogP contribution is -2.20. The van der Waals surface area contributed by atoms with Gasteiger partial charge in [0.05, 0.1) is 18.0 Å². The molecule has 4 aromatic rings. The Labute approximate surface area is 172 Å². The summed E-state index contributed by atoms with van der Waals surface area (Å²) in [6.07, 6.45) is 4.83. The van der Waals surface area contributed by atoms with Gasteiger partial charge >= 0.3 is 0 Å². The summed E-state index contributed by atoms with van der Waals surface area (Å²) in [5.74, 6) is 0. The van der Waals surface area contributed by atoms with Crippen molar-refractivity contribution in [3.05, 3.63) is 82.9 Å². The molecule has 0 bridgehead atoms. The summed E-state index contributed by atoms with van der Waals surface area (Å²) in [7, 11) is 0. The lowest BCUT2D eigenvalue weighted by atomic mass is 10.1. The first kappa shape index (κ1) is 18.2. The molecule has 2 aromatic carbocycles. The predicted molar refractivity (Wildman–Crippen MR) is 114 cm³/mol. The number of nitrogens with zero attached hydrogens (tertiary/aromatic N) is 2. The van der Waals surface area contributed by atoms with Gasteiger partial charge in [-0.1, -0.05) is 42.1 Å². The molecule has 146 valence electrons. The zero-order valence-corrected chi connectivity index (χ0v) is 16.7. The van der Waals surface area contributed by atoms with Gasteiger partial charge in [0.15, 0.2) is 0 Å². The topological polar surface area (TPSA) is 59.4 Å². The first-order valence-corrected chi connectivity index (χ1v) is 10.7. The van der Waals surface area contributed by atoms with Crippen molar-refractivity contribution in [1.29, 1.82) is 0 Å². The fourth-order valence-electron chi connectivity index (χ4n) is 3.70. The zero-order chi connectivity index (χ0) is 19.6. The fraction of sp³-hybridized carbons (Fsp3) is 0.217. The minimum Gasteiger partial charge on any atom is -0.372 e. The molecule has 1 unspecified atom stereocenters. The molecule has 0 amide bonds. The summed E-state index contributed by atoms with van der Waals surface area (Å²) in [4.78, 5) is 18.3. The van der Waals surface area contributed by atoms with Crippen LogP contribution >= 0.6 is 11.8 Å². The van der Waals surface area contributed by atoms with Gasteiger partial charge in [-0.2, -0.15) is 9.61 Å². The van der Waals surface area contributed by atoms with Crippen molar-refractivity contribution in [2.75, 3.05) is 6.61 Å². The molecule has 2 aromatic heterocycles. The number of rotatable bonds is 4. The summed E-state index contributed by atoms with van der Waals surface area (Å²) >= 11 is 1.73. The number of hydrogen-bond donors (Lipinski definition) is 1. The molecule has 1 aliphatic heterocycles. The van der Waals surface area contributed by atoms with Crippen molar-refractivity contribution in [3.8, 4) is 11.1 Å². The summed E-state index contributed by atoms with van der Waals surface area (Å²) in [6, 6.07) is 20.3. The van der Waals surface area contributed by atoms with Crippen LogP contribution in [0.15, 0.2) is 81.4 Å². The van der Waals surface area contributed by atoms with Crippen molar-refractivity contribution < 1.29 is 4.74 Å². The Morgan fingerprint density at radius 1 is 1.03 bits per heavy atom. The number of aromatic nitrogens is 3. The minimum atomic E-state index is -0.134. The number of benzene rings is 2. The van der Waals surface area contributed by atoms with E-state index in [0.29, 0.717) is 5.65 Å². The zero-order valence-electron chi connectivity index (χ0n) is 15.9. The van der Waals surface area contributed by atoms with Crippen LogP contribution in [0.5, 0.6) is 0 Å². The first-order valence-electron chi connectivity index (χ1n) is 9.84. The molecule has 1 saturated heterocycles. The highest BCUT2D eigenvalue weighted by molar-refractivity contribution is 7.99. The number of hydrogen-bond acceptors (Lipinski definition) is 4. The highest BCUT2D eigenvalue weighted by atomic mass is 32.2. The standard InChI is InChI=1S/C23H21N3O2S/c27-22-14-20(21-8-4-5-13-28-21)25-23-19(15-24-26(22)23)16-9-11-18(12-10-16)29-17-6-2-1-3-7-17/h1-3,6-7,9-12,14-15,21,25H,4-5,8,13H2. The number of H-pyrrole nitrogens is 1. The van der Waals surface area contributed by atoms with E-state index >= 15 is 0 Å². The van der Waals surface area contributed by atoms with Crippen LogP contribution in [-0.2, 0) is 4.74 Å². The number of fused-ring (bicyclic) bond motifs is 1. The van der Waals surface area contributed by atoms with E-state index in [9.17, 15) is 4.79 Å². The minimum absolute atomic E-state index is 0.0474. The monoisotopic (exact) mass is 403 g/mol. The van der Waals surface area contributed by atoms with Gasteiger partial charge in [-0.3, -0.25) is 4.79 Å². The van der Waals surface area contributed by atoms with Gasteiger partial charge in [0.2, 0.25) is 0 Å². The van der Waals surface area contributed by atoms with E-state index in [4.69, 9.17) is 4.74 Å². The van der Waals surface area contributed by atoms with Crippen molar-refractivity contribution in [1.82, 2.24) is 14.6 Å². The lowest BCUT2D eigenvalue weighted by Gasteiger charge is -2.22. The molecule has 1 fully saturated rings. The molecule has 0 spiro atoms. The van der Waals surface area contributed by atoms with Gasteiger partial charge < -0.3 is 9.72 Å². The number of aromatic amines is 1. The quantitative estimate of drug-likeness (QED) is 0.516. The maximum absolute atomic E-state index is 12.6. The molecule has 0 saturated carbocycles. The van der Waals surface area contributed by atoms with E-state index in [1.807, 2.05) is 18.2 Å². The number of nitrogens with one attached hydrogen (secondary N) is 1. The third-order valence-corrected chi connectivity index (χ3v) is 6.21. The van der Waals surface area contributed by atoms with Crippen LogP contribution < -0.4 is 5.56 Å². The van der Waals surface area contributed by atoms with E-state index in [-0.39, 0.29) is 11.7 Å². The lowest BCUT2D eigenvalue weighted by molar-refractivity contribution is 0.0123. The Morgan fingerprint density at radius 3 is 2.59 bits per heavy atom. The maximum atomic E-state index is 12.6. The second-order valence-corrected chi connectivity index (χ2v) is 8.32. The van der Waals surface area contributed by atoms with Gasteiger partial charge in [0.25, 0.3) is 5.56 Å². The average molecular weight is 404 g/mol. The predicted octanol–water partition coefficient (Wildman–Crippen LogP) is 5.08. The van der Waals surface area contributed by atoms with Crippen LogP contribution in [0, 0.1) is 0 Å². The molecule has 1 atom stereocenters.